The summed E-state index contributed by atoms with van der Waals surface area (Å²) in [5.41, 5.74) is 3.60. The van der Waals surface area contributed by atoms with E-state index in [1.165, 1.54) is 16.0 Å². The van der Waals surface area contributed by atoms with E-state index in [1.54, 1.807) is 18.9 Å². The molecule has 2 aromatic carbocycles. The van der Waals surface area contributed by atoms with Crippen molar-refractivity contribution in [2.45, 2.75) is 24.5 Å². The Morgan fingerprint density at radius 3 is 2.55 bits per heavy atom. The minimum atomic E-state index is 0.281. The van der Waals surface area contributed by atoms with Crippen molar-refractivity contribution in [3.63, 3.8) is 0 Å². The molecule has 0 aliphatic carbocycles. The van der Waals surface area contributed by atoms with Crippen LogP contribution < -0.4 is 5.32 Å². The van der Waals surface area contributed by atoms with Crippen molar-refractivity contribution in [2.24, 2.45) is 0 Å². The Kier molecular flexibility index (Phi) is 5.50. The Hall–Kier alpha value is -1.45. The lowest BCUT2D eigenvalue weighted by Crippen LogP contribution is -2.06. The third-order valence-corrected chi connectivity index (χ3v) is 3.98. The van der Waals surface area contributed by atoms with Crippen LogP contribution in [0.25, 0.3) is 0 Å². The molecule has 0 saturated heterocycles. The molecular formula is C17H21NOS. The molecule has 0 bridgehead atoms. The molecule has 3 heteroatoms. The number of hydrogen-bond donors (Lipinski definition) is 1. The van der Waals surface area contributed by atoms with Crippen LogP contribution in [-0.2, 0) is 11.3 Å². The first-order valence-electron chi connectivity index (χ1n) is 6.71. The molecule has 2 nitrogen and oxygen atoms in total. The molecule has 0 amide bonds. The summed E-state index contributed by atoms with van der Waals surface area (Å²) in [6.07, 6.45) is 2.10. The summed E-state index contributed by atoms with van der Waals surface area (Å²) >= 11 is 1.77. The van der Waals surface area contributed by atoms with Crippen LogP contribution in [0.2, 0.25) is 0 Å². The van der Waals surface area contributed by atoms with E-state index < -0.39 is 0 Å². The van der Waals surface area contributed by atoms with Crippen LogP contribution in [0.15, 0.2) is 53.4 Å². The Morgan fingerprint density at radius 1 is 1.15 bits per heavy atom. The van der Waals surface area contributed by atoms with Gasteiger partial charge in [-0.25, -0.2) is 0 Å². The van der Waals surface area contributed by atoms with Gasteiger partial charge in [0.1, 0.15) is 0 Å². The fraction of sp³-hybridized carbons (Fsp3) is 0.294. The number of methoxy groups -OCH3 is 1. The van der Waals surface area contributed by atoms with Gasteiger partial charge in [0, 0.05) is 23.7 Å². The quantitative estimate of drug-likeness (QED) is 0.776. The van der Waals surface area contributed by atoms with Gasteiger partial charge in [0.05, 0.1) is 6.61 Å². The molecule has 106 valence electrons. The average molecular weight is 287 g/mol. The highest BCUT2D eigenvalue weighted by atomic mass is 32.2. The average Bonchev–Trinajstić information content (AvgIpc) is 2.48. The van der Waals surface area contributed by atoms with E-state index in [1.807, 2.05) is 0 Å². The maximum Gasteiger partial charge on any atom is 0.0713 e. The molecule has 1 unspecified atom stereocenters. The number of rotatable bonds is 6. The summed E-state index contributed by atoms with van der Waals surface area (Å²) in [5, 5.41) is 3.53. The van der Waals surface area contributed by atoms with E-state index in [0.29, 0.717) is 6.61 Å². The van der Waals surface area contributed by atoms with Crippen molar-refractivity contribution in [1.29, 1.82) is 0 Å². The van der Waals surface area contributed by atoms with Crippen LogP contribution in [0, 0.1) is 0 Å². The highest BCUT2D eigenvalue weighted by Crippen LogP contribution is 2.22. The van der Waals surface area contributed by atoms with Crippen LogP contribution in [0.5, 0.6) is 0 Å². The van der Waals surface area contributed by atoms with Crippen LogP contribution in [0.4, 0.5) is 5.69 Å². The second-order valence-corrected chi connectivity index (χ2v) is 5.65. The number of anilines is 1. The fourth-order valence-electron chi connectivity index (χ4n) is 2.14. The van der Waals surface area contributed by atoms with Crippen molar-refractivity contribution in [2.75, 3.05) is 18.7 Å². The summed E-state index contributed by atoms with van der Waals surface area (Å²) in [6, 6.07) is 17.3. The first-order valence-corrected chi connectivity index (χ1v) is 7.94. The number of ether oxygens (including phenoxy) is 1. The van der Waals surface area contributed by atoms with Gasteiger partial charge < -0.3 is 10.1 Å². The van der Waals surface area contributed by atoms with E-state index in [0.717, 1.165) is 5.69 Å². The SMILES string of the molecule is COCc1cccc(NC(C)c2ccc(SC)cc2)c1. The van der Waals surface area contributed by atoms with Crippen LogP contribution in [0.3, 0.4) is 0 Å². The molecule has 0 radical (unpaired) electrons. The molecule has 0 spiro atoms. The van der Waals surface area contributed by atoms with Crippen molar-refractivity contribution in [3.8, 4) is 0 Å². The Morgan fingerprint density at radius 2 is 1.90 bits per heavy atom. The lowest BCUT2D eigenvalue weighted by molar-refractivity contribution is 0.185. The van der Waals surface area contributed by atoms with Crippen LogP contribution in [-0.4, -0.2) is 13.4 Å². The Bertz CT molecular complexity index is 539. The molecule has 0 heterocycles. The first-order chi connectivity index (χ1) is 9.72. The molecule has 0 saturated carbocycles. The lowest BCUT2D eigenvalue weighted by Gasteiger charge is -2.16. The zero-order chi connectivity index (χ0) is 14.4. The topological polar surface area (TPSA) is 21.3 Å². The van der Waals surface area contributed by atoms with Gasteiger partial charge in [-0.15, -0.1) is 11.8 Å². The minimum absolute atomic E-state index is 0.281. The summed E-state index contributed by atoms with van der Waals surface area (Å²) in [6.45, 7) is 2.82. The molecular weight excluding hydrogens is 266 g/mol. The van der Waals surface area contributed by atoms with Gasteiger partial charge in [0.15, 0.2) is 0 Å². The molecule has 0 aliphatic rings. The summed E-state index contributed by atoms with van der Waals surface area (Å²) < 4.78 is 5.17. The maximum atomic E-state index is 5.17. The Balaban J connectivity index is 2.06. The van der Waals surface area contributed by atoms with Crippen LogP contribution >= 0.6 is 11.8 Å². The van der Waals surface area contributed by atoms with Crippen molar-refractivity contribution < 1.29 is 4.74 Å². The predicted octanol–water partition coefficient (Wildman–Crippen LogP) is 4.73. The van der Waals surface area contributed by atoms with Crippen molar-refractivity contribution in [1.82, 2.24) is 0 Å². The molecule has 0 aliphatic heterocycles. The molecule has 2 aromatic rings. The second kappa shape index (κ2) is 7.36. The number of thioether (sulfide) groups is 1. The van der Waals surface area contributed by atoms with Gasteiger partial charge in [0.2, 0.25) is 0 Å². The second-order valence-electron chi connectivity index (χ2n) is 4.77. The number of hydrogen-bond acceptors (Lipinski definition) is 3. The van der Waals surface area contributed by atoms with Gasteiger partial charge in [-0.2, -0.15) is 0 Å². The molecule has 1 atom stereocenters. The molecule has 0 aromatic heterocycles. The molecule has 0 fully saturated rings. The van der Waals surface area contributed by atoms with Crippen molar-refractivity contribution in [3.05, 3.63) is 59.7 Å². The normalized spacial score (nSPS) is 12.2. The van der Waals surface area contributed by atoms with Crippen LogP contribution in [0.1, 0.15) is 24.1 Å². The standard InChI is InChI=1S/C17H21NOS/c1-13(15-7-9-17(20-3)10-8-15)18-16-6-4-5-14(11-16)12-19-2/h4-11,13,18H,12H2,1-3H3. The van der Waals surface area contributed by atoms with Gasteiger partial charge in [-0.1, -0.05) is 24.3 Å². The highest BCUT2D eigenvalue weighted by molar-refractivity contribution is 7.98. The number of benzene rings is 2. The number of nitrogens with one attached hydrogen (secondary N) is 1. The zero-order valence-electron chi connectivity index (χ0n) is 12.2. The summed E-state index contributed by atoms with van der Waals surface area (Å²) in [5.74, 6) is 0. The zero-order valence-corrected chi connectivity index (χ0v) is 13.0. The first kappa shape index (κ1) is 14.9. The van der Waals surface area contributed by atoms with E-state index in [-0.39, 0.29) is 6.04 Å². The monoisotopic (exact) mass is 287 g/mol. The minimum Gasteiger partial charge on any atom is -0.380 e. The predicted molar refractivity (Wildman–Crippen MR) is 87.4 cm³/mol. The van der Waals surface area contributed by atoms with Gasteiger partial charge >= 0.3 is 0 Å². The fourth-order valence-corrected chi connectivity index (χ4v) is 2.55. The van der Waals surface area contributed by atoms with E-state index >= 15 is 0 Å². The molecule has 2 rings (SSSR count). The third kappa shape index (κ3) is 4.02. The maximum absolute atomic E-state index is 5.17. The molecule has 20 heavy (non-hydrogen) atoms. The summed E-state index contributed by atoms with van der Waals surface area (Å²) in [7, 11) is 1.72. The van der Waals surface area contributed by atoms with E-state index in [4.69, 9.17) is 4.74 Å². The van der Waals surface area contributed by atoms with Gasteiger partial charge in [0.25, 0.3) is 0 Å². The summed E-state index contributed by atoms with van der Waals surface area (Å²) in [4.78, 5) is 1.29. The highest BCUT2D eigenvalue weighted by Gasteiger charge is 2.05. The largest absolute Gasteiger partial charge is 0.380 e. The smallest absolute Gasteiger partial charge is 0.0713 e. The third-order valence-electron chi connectivity index (χ3n) is 3.24. The van der Waals surface area contributed by atoms with E-state index in [2.05, 4.69) is 67.0 Å². The lowest BCUT2D eigenvalue weighted by atomic mass is 10.1. The van der Waals surface area contributed by atoms with E-state index in [9.17, 15) is 0 Å². The van der Waals surface area contributed by atoms with Gasteiger partial charge in [-0.05, 0) is 48.6 Å². The van der Waals surface area contributed by atoms with Crippen molar-refractivity contribution >= 4 is 17.4 Å². The van der Waals surface area contributed by atoms with Gasteiger partial charge in [-0.3, -0.25) is 0 Å². The molecule has 1 N–H and O–H groups in total. The Labute approximate surface area is 125 Å².